The van der Waals surface area contributed by atoms with E-state index in [-0.39, 0.29) is 17.8 Å². The number of thiazole rings is 1. The van der Waals surface area contributed by atoms with Gasteiger partial charge in [0.25, 0.3) is 5.19 Å². The molecule has 134 valence electrons. The van der Waals surface area contributed by atoms with E-state index >= 15 is 0 Å². The molecule has 1 amide bonds. The lowest BCUT2D eigenvalue weighted by Gasteiger charge is -2.34. The second kappa shape index (κ2) is 7.28. The summed E-state index contributed by atoms with van der Waals surface area (Å²) in [4.78, 5) is 18.9. The highest BCUT2D eigenvalue weighted by molar-refractivity contribution is 7.20. The fraction of sp³-hybridized carbons (Fsp3) is 0.579. The Hall–Kier alpha value is -1.69. The Bertz CT molecular complexity index is 749. The lowest BCUT2D eigenvalue weighted by molar-refractivity contribution is -0.138. The number of hydrogen-bond acceptors (Lipinski definition) is 4. The standard InChI is InChI=1S/C19H23FN2O2S/c20-15-7-4-8-16-17(15)21-19(25-16)24-14-9-11-22(12-10-14)18(23)13-5-2-1-3-6-13/h4,7-8,13-14H,1-3,5-6,9-12H2. The molecule has 0 bridgehead atoms. The molecule has 1 saturated heterocycles. The highest BCUT2D eigenvalue weighted by Gasteiger charge is 2.30. The first kappa shape index (κ1) is 16.8. The predicted molar refractivity (Wildman–Crippen MR) is 96.4 cm³/mol. The van der Waals surface area contributed by atoms with Crippen LogP contribution in [0.2, 0.25) is 0 Å². The van der Waals surface area contributed by atoms with Crippen molar-refractivity contribution in [2.45, 2.75) is 51.0 Å². The Balaban J connectivity index is 1.33. The molecule has 2 aliphatic rings. The van der Waals surface area contributed by atoms with Gasteiger partial charge in [-0.2, -0.15) is 4.98 Å². The maximum absolute atomic E-state index is 13.7. The summed E-state index contributed by atoms with van der Waals surface area (Å²) in [7, 11) is 0. The summed E-state index contributed by atoms with van der Waals surface area (Å²) >= 11 is 1.38. The molecule has 4 nitrogen and oxygen atoms in total. The molecule has 4 rings (SSSR count). The predicted octanol–water partition coefficient (Wildman–Crippen LogP) is 4.39. The molecular weight excluding hydrogens is 339 g/mol. The SMILES string of the molecule is O=C(C1CCCCC1)N1CCC(Oc2nc3c(F)cccc3s2)CC1. The lowest BCUT2D eigenvalue weighted by Crippen LogP contribution is -2.44. The van der Waals surface area contributed by atoms with Crippen molar-refractivity contribution in [3.8, 4) is 5.19 Å². The fourth-order valence-electron chi connectivity index (χ4n) is 3.89. The van der Waals surface area contributed by atoms with Crippen LogP contribution in [0, 0.1) is 11.7 Å². The van der Waals surface area contributed by atoms with Crippen LogP contribution in [-0.4, -0.2) is 35.0 Å². The number of carbonyl (C=O) groups excluding carboxylic acids is 1. The second-order valence-electron chi connectivity index (χ2n) is 7.04. The van der Waals surface area contributed by atoms with Crippen molar-refractivity contribution in [2.24, 2.45) is 5.92 Å². The number of amides is 1. The molecule has 25 heavy (non-hydrogen) atoms. The minimum Gasteiger partial charge on any atom is -0.467 e. The fourth-order valence-corrected chi connectivity index (χ4v) is 4.79. The van der Waals surface area contributed by atoms with Crippen molar-refractivity contribution in [3.05, 3.63) is 24.0 Å². The topological polar surface area (TPSA) is 42.4 Å². The number of fused-ring (bicyclic) bond motifs is 1. The van der Waals surface area contributed by atoms with Gasteiger partial charge < -0.3 is 9.64 Å². The average Bonchev–Trinajstić information content (AvgIpc) is 3.06. The van der Waals surface area contributed by atoms with Gasteiger partial charge in [-0.15, -0.1) is 0 Å². The van der Waals surface area contributed by atoms with Gasteiger partial charge in [-0.25, -0.2) is 4.39 Å². The number of para-hydroxylation sites is 1. The van der Waals surface area contributed by atoms with Gasteiger partial charge in [0, 0.05) is 31.8 Å². The van der Waals surface area contributed by atoms with Crippen LogP contribution in [0.15, 0.2) is 18.2 Å². The van der Waals surface area contributed by atoms with Crippen LogP contribution in [0.4, 0.5) is 4.39 Å². The van der Waals surface area contributed by atoms with Crippen LogP contribution < -0.4 is 4.74 Å². The minimum atomic E-state index is -0.309. The number of carbonyl (C=O) groups is 1. The molecule has 2 aromatic rings. The molecule has 1 aromatic heterocycles. The number of ether oxygens (including phenoxy) is 1. The number of hydrogen-bond donors (Lipinski definition) is 0. The van der Waals surface area contributed by atoms with Crippen molar-refractivity contribution in [3.63, 3.8) is 0 Å². The first-order valence-corrected chi connectivity index (χ1v) is 10.0. The number of halogens is 1. The molecule has 0 atom stereocenters. The maximum Gasteiger partial charge on any atom is 0.274 e. The highest BCUT2D eigenvalue weighted by Crippen LogP contribution is 2.32. The molecule has 0 spiro atoms. The van der Waals surface area contributed by atoms with Crippen LogP contribution in [-0.2, 0) is 4.79 Å². The molecule has 0 unspecified atom stereocenters. The zero-order chi connectivity index (χ0) is 17.2. The number of benzene rings is 1. The average molecular weight is 362 g/mol. The quantitative estimate of drug-likeness (QED) is 0.813. The largest absolute Gasteiger partial charge is 0.467 e. The van der Waals surface area contributed by atoms with Gasteiger partial charge in [-0.05, 0) is 25.0 Å². The number of aromatic nitrogens is 1. The zero-order valence-corrected chi connectivity index (χ0v) is 15.1. The third kappa shape index (κ3) is 3.64. The molecule has 1 aliphatic heterocycles. The van der Waals surface area contributed by atoms with Gasteiger partial charge in [0.1, 0.15) is 17.4 Å². The summed E-state index contributed by atoms with van der Waals surface area (Å²) in [5.74, 6) is 0.259. The van der Waals surface area contributed by atoms with E-state index in [1.54, 1.807) is 6.07 Å². The van der Waals surface area contributed by atoms with Gasteiger partial charge in [-0.3, -0.25) is 4.79 Å². The van der Waals surface area contributed by atoms with E-state index in [0.717, 1.165) is 43.5 Å². The molecule has 1 aliphatic carbocycles. The summed E-state index contributed by atoms with van der Waals surface area (Å²) in [5, 5.41) is 0.525. The molecule has 0 N–H and O–H groups in total. The van der Waals surface area contributed by atoms with Crippen LogP contribution in [0.25, 0.3) is 10.2 Å². The Morgan fingerprint density at radius 2 is 1.92 bits per heavy atom. The molecule has 2 fully saturated rings. The molecular formula is C19H23FN2O2S. The van der Waals surface area contributed by atoms with Crippen molar-refractivity contribution < 1.29 is 13.9 Å². The summed E-state index contributed by atoms with van der Waals surface area (Å²) in [6.45, 7) is 1.50. The van der Waals surface area contributed by atoms with Gasteiger partial charge in [0.2, 0.25) is 5.91 Å². The Morgan fingerprint density at radius 1 is 1.16 bits per heavy atom. The number of nitrogens with zero attached hydrogens (tertiary/aromatic N) is 2. The van der Waals surface area contributed by atoms with E-state index in [1.165, 1.54) is 36.7 Å². The van der Waals surface area contributed by atoms with Gasteiger partial charge in [0.15, 0.2) is 0 Å². The van der Waals surface area contributed by atoms with Crippen molar-refractivity contribution in [2.75, 3.05) is 13.1 Å². The molecule has 1 saturated carbocycles. The smallest absolute Gasteiger partial charge is 0.274 e. The summed E-state index contributed by atoms with van der Waals surface area (Å²) < 4.78 is 20.5. The Morgan fingerprint density at radius 3 is 2.64 bits per heavy atom. The monoisotopic (exact) mass is 362 g/mol. The minimum absolute atomic E-state index is 0.0547. The Labute approximate surface area is 151 Å². The van der Waals surface area contributed by atoms with Crippen molar-refractivity contribution in [1.29, 1.82) is 0 Å². The lowest BCUT2D eigenvalue weighted by atomic mass is 9.88. The van der Waals surface area contributed by atoms with Gasteiger partial charge in [-0.1, -0.05) is 36.7 Å². The zero-order valence-electron chi connectivity index (χ0n) is 14.2. The summed E-state index contributed by atoms with van der Waals surface area (Å²) in [5.41, 5.74) is 0.382. The van der Waals surface area contributed by atoms with E-state index in [2.05, 4.69) is 4.98 Å². The van der Waals surface area contributed by atoms with E-state index in [1.807, 2.05) is 11.0 Å². The van der Waals surface area contributed by atoms with E-state index < -0.39 is 0 Å². The second-order valence-corrected chi connectivity index (χ2v) is 8.04. The number of piperidine rings is 1. The first-order valence-electron chi connectivity index (χ1n) is 9.21. The maximum atomic E-state index is 13.7. The molecule has 1 aromatic carbocycles. The molecule has 2 heterocycles. The third-order valence-electron chi connectivity index (χ3n) is 5.33. The van der Waals surface area contributed by atoms with Crippen LogP contribution in [0.1, 0.15) is 44.9 Å². The summed E-state index contributed by atoms with van der Waals surface area (Å²) in [6, 6.07) is 4.96. The summed E-state index contributed by atoms with van der Waals surface area (Å²) in [6.07, 6.45) is 7.42. The van der Waals surface area contributed by atoms with Gasteiger partial charge >= 0.3 is 0 Å². The van der Waals surface area contributed by atoms with E-state index in [9.17, 15) is 9.18 Å². The normalized spacial score (nSPS) is 20.1. The van der Waals surface area contributed by atoms with Crippen LogP contribution in [0.5, 0.6) is 5.19 Å². The van der Waals surface area contributed by atoms with Crippen LogP contribution >= 0.6 is 11.3 Å². The van der Waals surface area contributed by atoms with Crippen molar-refractivity contribution >= 4 is 27.5 Å². The third-order valence-corrected chi connectivity index (χ3v) is 6.24. The Kier molecular flexibility index (Phi) is 4.88. The highest BCUT2D eigenvalue weighted by atomic mass is 32.1. The van der Waals surface area contributed by atoms with Crippen molar-refractivity contribution in [1.82, 2.24) is 9.88 Å². The molecule has 6 heteroatoms. The van der Waals surface area contributed by atoms with Crippen LogP contribution in [0.3, 0.4) is 0 Å². The van der Waals surface area contributed by atoms with Gasteiger partial charge in [0.05, 0.1) is 4.70 Å². The number of likely N-dealkylation sites (tertiary alicyclic amines) is 1. The first-order chi connectivity index (χ1) is 12.2. The number of rotatable bonds is 3. The van der Waals surface area contributed by atoms with E-state index in [4.69, 9.17) is 4.74 Å². The van der Waals surface area contributed by atoms with E-state index in [0.29, 0.717) is 16.6 Å². The molecule has 0 radical (unpaired) electrons.